The molecule has 27 heavy (non-hydrogen) atoms. The lowest BCUT2D eigenvalue weighted by atomic mass is 10.0. The lowest BCUT2D eigenvalue weighted by Crippen LogP contribution is -2.39. The smallest absolute Gasteiger partial charge is 0.275 e. The molecule has 0 bridgehead atoms. The van der Waals surface area contributed by atoms with Crippen molar-refractivity contribution in [3.05, 3.63) is 47.9 Å². The SMILES string of the molecule is CC(C)c1ccccc1NC(=O)c1cnc(NCCN2CCOCC2)cn1. The van der Waals surface area contributed by atoms with Crippen molar-refractivity contribution in [2.75, 3.05) is 50.0 Å². The van der Waals surface area contributed by atoms with Gasteiger partial charge in [-0.2, -0.15) is 0 Å². The molecule has 7 heteroatoms. The molecule has 1 fully saturated rings. The Bertz CT molecular complexity index is 742. The Morgan fingerprint density at radius 1 is 1.19 bits per heavy atom. The number of benzene rings is 1. The summed E-state index contributed by atoms with van der Waals surface area (Å²) in [5, 5.41) is 6.18. The van der Waals surface area contributed by atoms with Gasteiger partial charge in [0.1, 0.15) is 11.5 Å². The van der Waals surface area contributed by atoms with E-state index in [1.165, 1.54) is 6.20 Å². The molecule has 1 aliphatic rings. The summed E-state index contributed by atoms with van der Waals surface area (Å²) in [5.41, 5.74) is 2.21. The Balaban J connectivity index is 1.53. The first-order chi connectivity index (χ1) is 13.1. The topological polar surface area (TPSA) is 79.4 Å². The number of para-hydroxylation sites is 1. The zero-order valence-corrected chi connectivity index (χ0v) is 15.9. The molecule has 1 saturated heterocycles. The zero-order valence-electron chi connectivity index (χ0n) is 15.9. The first-order valence-corrected chi connectivity index (χ1v) is 9.40. The maximum atomic E-state index is 12.5. The molecule has 2 aromatic rings. The highest BCUT2D eigenvalue weighted by Crippen LogP contribution is 2.24. The molecule has 144 valence electrons. The van der Waals surface area contributed by atoms with Crippen molar-refractivity contribution in [3.63, 3.8) is 0 Å². The Hall–Kier alpha value is -2.51. The second-order valence-electron chi connectivity index (χ2n) is 6.86. The van der Waals surface area contributed by atoms with E-state index in [9.17, 15) is 4.79 Å². The standard InChI is InChI=1S/C20H27N5O2/c1-15(2)16-5-3-4-6-17(16)24-20(26)18-13-23-19(14-22-18)21-7-8-25-9-11-27-12-10-25/h3-6,13-15H,7-12H2,1-2H3,(H,21,23)(H,24,26). The number of hydrogen-bond donors (Lipinski definition) is 2. The van der Waals surface area contributed by atoms with Crippen LogP contribution < -0.4 is 10.6 Å². The van der Waals surface area contributed by atoms with Gasteiger partial charge in [0.2, 0.25) is 0 Å². The molecule has 1 amide bonds. The van der Waals surface area contributed by atoms with Gasteiger partial charge in [0.15, 0.2) is 0 Å². The molecule has 3 rings (SSSR count). The molecule has 0 saturated carbocycles. The third-order valence-electron chi connectivity index (χ3n) is 4.55. The quantitative estimate of drug-likeness (QED) is 0.781. The van der Waals surface area contributed by atoms with E-state index in [0.29, 0.717) is 17.4 Å². The predicted octanol–water partition coefficient (Wildman–Crippen LogP) is 2.60. The second-order valence-corrected chi connectivity index (χ2v) is 6.86. The zero-order chi connectivity index (χ0) is 19.1. The number of aromatic nitrogens is 2. The number of anilines is 2. The van der Waals surface area contributed by atoms with Crippen molar-refractivity contribution in [3.8, 4) is 0 Å². The number of rotatable bonds is 7. The summed E-state index contributed by atoms with van der Waals surface area (Å²) in [4.78, 5) is 23.4. The maximum absolute atomic E-state index is 12.5. The van der Waals surface area contributed by atoms with E-state index >= 15 is 0 Å². The molecule has 0 spiro atoms. The van der Waals surface area contributed by atoms with Crippen LogP contribution in [0.5, 0.6) is 0 Å². The normalized spacial score (nSPS) is 14.9. The molecule has 1 aromatic carbocycles. The monoisotopic (exact) mass is 369 g/mol. The van der Waals surface area contributed by atoms with E-state index in [1.54, 1.807) is 6.20 Å². The number of morpholine rings is 1. The highest BCUT2D eigenvalue weighted by atomic mass is 16.5. The number of nitrogens with one attached hydrogen (secondary N) is 2. The molecule has 2 heterocycles. The van der Waals surface area contributed by atoms with E-state index in [0.717, 1.165) is 50.6 Å². The summed E-state index contributed by atoms with van der Waals surface area (Å²) in [7, 11) is 0. The fraction of sp³-hybridized carbons (Fsp3) is 0.450. The third kappa shape index (κ3) is 5.48. The van der Waals surface area contributed by atoms with Gasteiger partial charge in [-0.15, -0.1) is 0 Å². The first kappa shape index (κ1) is 19.3. The molecule has 0 aliphatic carbocycles. The fourth-order valence-corrected chi connectivity index (χ4v) is 3.00. The summed E-state index contributed by atoms with van der Waals surface area (Å²) in [5.74, 6) is 0.739. The number of ether oxygens (including phenoxy) is 1. The molecule has 1 aliphatic heterocycles. The molecule has 0 unspecified atom stereocenters. The predicted molar refractivity (Wildman–Crippen MR) is 106 cm³/mol. The van der Waals surface area contributed by atoms with Gasteiger partial charge in [0.05, 0.1) is 25.6 Å². The van der Waals surface area contributed by atoms with Crippen molar-refractivity contribution in [2.45, 2.75) is 19.8 Å². The van der Waals surface area contributed by atoms with Gasteiger partial charge >= 0.3 is 0 Å². The van der Waals surface area contributed by atoms with Crippen LogP contribution in [0.3, 0.4) is 0 Å². The van der Waals surface area contributed by atoms with Crippen LogP contribution in [0.1, 0.15) is 35.8 Å². The van der Waals surface area contributed by atoms with Crippen LogP contribution in [-0.4, -0.2) is 60.2 Å². The lowest BCUT2D eigenvalue weighted by Gasteiger charge is -2.26. The van der Waals surface area contributed by atoms with Crippen LogP contribution in [0.2, 0.25) is 0 Å². The number of carbonyl (C=O) groups excluding carboxylic acids is 1. The van der Waals surface area contributed by atoms with E-state index in [2.05, 4.69) is 39.3 Å². The van der Waals surface area contributed by atoms with Crippen LogP contribution in [0.4, 0.5) is 11.5 Å². The summed E-state index contributed by atoms with van der Waals surface area (Å²) in [6.45, 7) is 9.42. The van der Waals surface area contributed by atoms with Gasteiger partial charge in [0, 0.05) is 31.9 Å². The highest BCUT2D eigenvalue weighted by molar-refractivity contribution is 6.03. The summed E-state index contributed by atoms with van der Waals surface area (Å²) >= 11 is 0. The molecule has 0 radical (unpaired) electrons. The van der Waals surface area contributed by atoms with Gasteiger partial charge in [-0.05, 0) is 17.5 Å². The second kappa shape index (κ2) is 9.43. The van der Waals surface area contributed by atoms with E-state index in [4.69, 9.17) is 4.74 Å². The summed E-state index contributed by atoms with van der Waals surface area (Å²) < 4.78 is 5.34. The molecule has 2 N–H and O–H groups in total. The minimum atomic E-state index is -0.254. The molecule has 1 aromatic heterocycles. The molecule has 0 atom stereocenters. The Labute approximate surface area is 160 Å². The van der Waals surface area contributed by atoms with Crippen molar-refractivity contribution in [2.24, 2.45) is 0 Å². The fourth-order valence-electron chi connectivity index (χ4n) is 3.00. The minimum absolute atomic E-state index is 0.254. The highest BCUT2D eigenvalue weighted by Gasteiger charge is 2.13. The van der Waals surface area contributed by atoms with E-state index < -0.39 is 0 Å². The molecular weight excluding hydrogens is 342 g/mol. The van der Waals surface area contributed by atoms with Crippen LogP contribution in [0.25, 0.3) is 0 Å². The van der Waals surface area contributed by atoms with Crippen LogP contribution >= 0.6 is 0 Å². The number of amides is 1. The molecule has 7 nitrogen and oxygen atoms in total. The van der Waals surface area contributed by atoms with Gasteiger partial charge in [-0.1, -0.05) is 32.0 Å². The Morgan fingerprint density at radius 2 is 1.96 bits per heavy atom. The molecular formula is C20H27N5O2. The van der Waals surface area contributed by atoms with Crippen molar-refractivity contribution in [1.29, 1.82) is 0 Å². The Kier molecular flexibility index (Phi) is 6.73. The van der Waals surface area contributed by atoms with Crippen LogP contribution in [-0.2, 0) is 4.74 Å². The number of hydrogen-bond acceptors (Lipinski definition) is 6. The van der Waals surface area contributed by atoms with Crippen molar-refractivity contribution in [1.82, 2.24) is 14.9 Å². The first-order valence-electron chi connectivity index (χ1n) is 9.40. The number of carbonyl (C=O) groups is 1. The Morgan fingerprint density at radius 3 is 2.67 bits per heavy atom. The van der Waals surface area contributed by atoms with E-state index in [1.807, 2.05) is 24.3 Å². The summed E-state index contributed by atoms with van der Waals surface area (Å²) in [6.07, 6.45) is 3.10. The maximum Gasteiger partial charge on any atom is 0.275 e. The van der Waals surface area contributed by atoms with Crippen LogP contribution in [0.15, 0.2) is 36.7 Å². The van der Waals surface area contributed by atoms with Gasteiger partial charge < -0.3 is 15.4 Å². The minimum Gasteiger partial charge on any atom is -0.379 e. The van der Waals surface area contributed by atoms with E-state index in [-0.39, 0.29) is 5.91 Å². The van der Waals surface area contributed by atoms with Crippen LogP contribution in [0, 0.1) is 0 Å². The third-order valence-corrected chi connectivity index (χ3v) is 4.55. The summed E-state index contributed by atoms with van der Waals surface area (Å²) in [6, 6.07) is 7.81. The van der Waals surface area contributed by atoms with Gasteiger partial charge in [0.25, 0.3) is 5.91 Å². The van der Waals surface area contributed by atoms with Crippen molar-refractivity contribution < 1.29 is 9.53 Å². The lowest BCUT2D eigenvalue weighted by molar-refractivity contribution is 0.0398. The average Bonchev–Trinajstić information content (AvgIpc) is 2.69. The van der Waals surface area contributed by atoms with Gasteiger partial charge in [-0.3, -0.25) is 9.69 Å². The van der Waals surface area contributed by atoms with Gasteiger partial charge in [-0.25, -0.2) is 9.97 Å². The average molecular weight is 369 g/mol. The number of nitrogens with zero attached hydrogens (tertiary/aromatic N) is 3. The van der Waals surface area contributed by atoms with Crippen molar-refractivity contribution >= 4 is 17.4 Å². The largest absolute Gasteiger partial charge is 0.379 e.